The molecule has 0 aliphatic carbocycles. The fraction of sp³-hybridized carbons (Fsp3) is 0.0714. The molecule has 0 aliphatic rings. The second-order valence-electron chi connectivity index (χ2n) is 4.45. The lowest BCUT2D eigenvalue weighted by atomic mass is 10.2. The summed E-state index contributed by atoms with van der Waals surface area (Å²) in [6.07, 6.45) is 2.76. The summed E-state index contributed by atoms with van der Waals surface area (Å²) in [6, 6.07) is 9.21. The minimum absolute atomic E-state index is 0.352. The third-order valence-electron chi connectivity index (χ3n) is 3.07. The van der Waals surface area contributed by atoms with Crippen LogP contribution in [-0.4, -0.2) is 25.3 Å². The molecule has 100 valence electrons. The van der Waals surface area contributed by atoms with Gasteiger partial charge in [0.1, 0.15) is 5.56 Å². The minimum Gasteiger partial charge on any atom is -0.477 e. The van der Waals surface area contributed by atoms with Crippen LogP contribution < -0.4 is 5.56 Å². The van der Waals surface area contributed by atoms with E-state index in [0.29, 0.717) is 5.65 Å². The van der Waals surface area contributed by atoms with Gasteiger partial charge in [-0.1, -0.05) is 17.7 Å². The number of fused-ring (bicyclic) bond motifs is 1. The van der Waals surface area contributed by atoms with Crippen molar-refractivity contribution in [1.29, 1.82) is 0 Å². The molecular formula is C14H11N3O3. The van der Waals surface area contributed by atoms with Gasteiger partial charge in [0.2, 0.25) is 0 Å². The smallest absolute Gasteiger partial charge is 0.343 e. The van der Waals surface area contributed by atoms with Crippen molar-refractivity contribution < 1.29 is 9.90 Å². The summed E-state index contributed by atoms with van der Waals surface area (Å²) in [4.78, 5) is 27.2. The van der Waals surface area contributed by atoms with Crippen LogP contribution >= 0.6 is 0 Å². The van der Waals surface area contributed by atoms with Gasteiger partial charge >= 0.3 is 5.97 Å². The van der Waals surface area contributed by atoms with E-state index in [4.69, 9.17) is 5.11 Å². The van der Waals surface area contributed by atoms with Crippen LogP contribution in [0.1, 0.15) is 15.9 Å². The first-order valence-electron chi connectivity index (χ1n) is 5.97. The van der Waals surface area contributed by atoms with Crippen LogP contribution in [0.4, 0.5) is 0 Å². The highest BCUT2D eigenvalue weighted by Gasteiger charge is 2.14. The number of carboxylic acid groups (broad SMARTS) is 1. The summed E-state index contributed by atoms with van der Waals surface area (Å²) in [5.41, 5.74) is 1.31. The van der Waals surface area contributed by atoms with E-state index < -0.39 is 11.5 Å². The number of hydrogen-bond acceptors (Lipinski definition) is 3. The number of rotatable bonds is 2. The summed E-state index contributed by atoms with van der Waals surface area (Å²) < 4.78 is 2.82. The molecule has 3 rings (SSSR count). The van der Waals surface area contributed by atoms with Crippen molar-refractivity contribution in [3.05, 3.63) is 64.2 Å². The minimum atomic E-state index is -1.28. The van der Waals surface area contributed by atoms with Crippen molar-refractivity contribution in [1.82, 2.24) is 14.2 Å². The molecule has 20 heavy (non-hydrogen) atoms. The highest BCUT2D eigenvalue weighted by Crippen LogP contribution is 2.11. The number of benzene rings is 1. The molecule has 0 bridgehead atoms. The second kappa shape index (κ2) is 4.34. The maximum Gasteiger partial charge on any atom is 0.343 e. The second-order valence-corrected chi connectivity index (χ2v) is 4.45. The Morgan fingerprint density at radius 2 is 1.90 bits per heavy atom. The molecule has 1 N–H and O–H groups in total. The third kappa shape index (κ3) is 1.78. The summed E-state index contributed by atoms with van der Waals surface area (Å²) in [5, 5.41) is 9.00. The molecule has 0 radical (unpaired) electrons. The van der Waals surface area contributed by atoms with Crippen LogP contribution in [0.15, 0.2) is 47.5 Å². The zero-order valence-corrected chi connectivity index (χ0v) is 10.6. The highest BCUT2D eigenvalue weighted by molar-refractivity contribution is 5.86. The Labute approximate surface area is 113 Å². The molecule has 6 heteroatoms. The highest BCUT2D eigenvalue weighted by atomic mass is 16.4. The molecule has 3 aromatic rings. The average Bonchev–Trinajstić information content (AvgIpc) is 2.84. The molecule has 1 aromatic carbocycles. The Bertz CT molecular complexity index is 859. The largest absolute Gasteiger partial charge is 0.477 e. The maximum atomic E-state index is 12.2. The Kier molecular flexibility index (Phi) is 2.64. The van der Waals surface area contributed by atoms with Crippen LogP contribution in [-0.2, 0) is 0 Å². The topological polar surface area (TPSA) is 76.6 Å². The van der Waals surface area contributed by atoms with E-state index in [2.05, 4.69) is 4.98 Å². The van der Waals surface area contributed by atoms with Gasteiger partial charge in [0.25, 0.3) is 5.56 Å². The van der Waals surface area contributed by atoms with Gasteiger partial charge in [-0.25, -0.2) is 9.78 Å². The fourth-order valence-corrected chi connectivity index (χ4v) is 2.03. The zero-order valence-electron chi connectivity index (χ0n) is 10.6. The molecule has 0 atom stereocenters. The molecule has 6 nitrogen and oxygen atoms in total. The van der Waals surface area contributed by atoms with E-state index in [0.717, 1.165) is 17.4 Å². The van der Waals surface area contributed by atoms with Crippen molar-refractivity contribution in [2.24, 2.45) is 0 Å². The van der Waals surface area contributed by atoms with Crippen LogP contribution in [0.3, 0.4) is 0 Å². The van der Waals surface area contributed by atoms with Crippen LogP contribution in [0, 0.1) is 6.92 Å². The normalized spacial score (nSPS) is 10.8. The molecule has 0 saturated carbocycles. The van der Waals surface area contributed by atoms with Crippen LogP contribution in [0.5, 0.6) is 0 Å². The fourth-order valence-electron chi connectivity index (χ4n) is 2.03. The van der Waals surface area contributed by atoms with Gasteiger partial charge in [0.05, 0.1) is 5.69 Å². The van der Waals surface area contributed by atoms with Gasteiger partial charge in [-0.3, -0.25) is 9.48 Å². The Morgan fingerprint density at radius 3 is 2.55 bits per heavy atom. The van der Waals surface area contributed by atoms with Gasteiger partial charge in [-0.15, -0.1) is 0 Å². The number of aromatic nitrogens is 3. The van der Waals surface area contributed by atoms with Crippen molar-refractivity contribution >= 4 is 11.6 Å². The molecular weight excluding hydrogens is 258 g/mol. The molecule has 0 fully saturated rings. The van der Waals surface area contributed by atoms with Crippen molar-refractivity contribution in [2.75, 3.05) is 0 Å². The molecule has 0 unspecified atom stereocenters. The maximum absolute atomic E-state index is 12.2. The van der Waals surface area contributed by atoms with E-state index >= 15 is 0 Å². The summed E-state index contributed by atoms with van der Waals surface area (Å²) in [6.45, 7) is 1.97. The Balaban J connectivity index is 2.32. The van der Waals surface area contributed by atoms with Gasteiger partial charge in [0, 0.05) is 18.5 Å². The molecule has 0 spiro atoms. The first-order chi connectivity index (χ1) is 9.58. The molecule has 0 saturated heterocycles. The monoisotopic (exact) mass is 269 g/mol. The average molecular weight is 269 g/mol. The number of hydrogen-bond donors (Lipinski definition) is 1. The van der Waals surface area contributed by atoms with Gasteiger partial charge < -0.3 is 5.11 Å². The lowest BCUT2D eigenvalue weighted by molar-refractivity contribution is 0.0694. The zero-order chi connectivity index (χ0) is 14.3. The summed E-state index contributed by atoms with van der Waals surface area (Å²) >= 11 is 0. The van der Waals surface area contributed by atoms with Crippen molar-refractivity contribution in [3.8, 4) is 5.69 Å². The number of aryl methyl sites for hydroxylation is 1. The molecule has 2 aromatic heterocycles. The Morgan fingerprint density at radius 1 is 1.20 bits per heavy atom. The van der Waals surface area contributed by atoms with Crippen LogP contribution in [0.2, 0.25) is 0 Å². The van der Waals surface area contributed by atoms with Crippen molar-refractivity contribution in [2.45, 2.75) is 6.92 Å². The van der Waals surface area contributed by atoms with E-state index in [1.807, 2.05) is 31.2 Å². The third-order valence-corrected chi connectivity index (χ3v) is 3.07. The number of carbonyl (C=O) groups is 1. The standard InChI is InChI=1S/C14H11N3O3/c1-9-2-4-10(5-3-9)16-7-6-12-15-8-11(14(19)20)13(18)17(12)16/h2-8H,1H3,(H,19,20). The lowest BCUT2D eigenvalue weighted by Gasteiger charge is -2.07. The number of aromatic carboxylic acids is 1. The summed E-state index contributed by atoms with van der Waals surface area (Å²) in [5.74, 6) is -1.28. The van der Waals surface area contributed by atoms with Gasteiger partial charge in [-0.2, -0.15) is 4.52 Å². The first kappa shape index (κ1) is 12.2. The van der Waals surface area contributed by atoms with Gasteiger partial charge in [0.15, 0.2) is 5.65 Å². The number of nitrogens with zero attached hydrogens (tertiary/aromatic N) is 3. The Hall–Kier alpha value is -2.89. The van der Waals surface area contributed by atoms with E-state index in [-0.39, 0.29) is 5.56 Å². The first-order valence-corrected chi connectivity index (χ1v) is 5.97. The summed E-state index contributed by atoms with van der Waals surface area (Å²) in [7, 11) is 0. The van der Waals surface area contributed by atoms with E-state index in [1.54, 1.807) is 16.9 Å². The number of carboxylic acids is 1. The molecule has 2 heterocycles. The lowest BCUT2D eigenvalue weighted by Crippen LogP contribution is -2.26. The SMILES string of the molecule is Cc1ccc(-n2ccc3ncc(C(=O)O)c(=O)n32)cc1. The van der Waals surface area contributed by atoms with Crippen LogP contribution in [0.25, 0.3) is 11.3 Å². The quantitative estimate of drug-likeness (QED) is 0.764. The van der Waals surface area contributed by atoms with Gasteiger partial charge in [-0.05, 0) is 19.1 Å². The van der Waals surface area contributed by atoms with Crippen molar-refractivity contribution in [3.63, 3.8) is 0 Å². The predicted molar refractivity (Wildman–Crippen MR) is 72.5 cm³/mol. The molecule has 0 amide bonds. The predicted octanol–water partition coefficient (Wildman–Crippen LogP) is 1.49. The van der Waals surface area contributed by atoms with E-state index in [1.165, 1.54) is 4.52 Å². The molecule has 0 aliphatic heterocycles. The van der Waals surface area contributed by atoms with E-state index in [9.17, 15) is 9.59 Å².